The van der Waals surface area contributed by atoms with Crippen molar-refractivity contribution in [1.29, 1.82) is 0 Å². The third kappa shape index (κ3) is 3.72. The van der Waals surface area contributed by atoms with Gasteiger partial charge in [0, 0.05) is 10.9 Å². The molecule has 1 heterocycles. The molecule has 3 nitrogen and oxygen atoms in total. The summed E-state index contributed by atoms with van der Waals surface area (Å²) in [6.45, 7) is 4.75. The highest BCUT2D eigenvalue weighted by atomic mass is 79.9. The SMILES string of the molecule is CC(C)(CCc1cc(Br)cc2c1OCC2)CC(=O)O. The van der Waals surface area contributed by atoms with Crippen molar-refractivity contribution >= 4 is 21.9 Å². The van der Waals surface area contributed by atoms with Gasteiger partial charge in [0.25, 0.3) is 0 Å². The Hall–Kier alpha value is -1.03. The first-order chi connectivity index (χ1) is 8.87. The lowest BCUT2D eigenvalue weighted by Crippen LogP contribution is -2.17. The van der Waals surface area contributed by atoms with Crippen LogP contribution in [0.4, 0.5) is 0 Å². The summed E-state index contributed by atoms with van der Waals surface area (Å²) in [4.78, 5) is 10.8. The average Bonchev–Trinajstić information content (AvgIpc) is 2.71. The zero-order valence-corrected chi connectivity index (χ0v) is 12.9. The fourth-order valence-electron chi connectivity index (χ4n) is 2.50. The first kappa shape index (κ1) is 14.4. The molecule has 19 heavy (non-hydrogen) atoms. The summed E-state index contributed by atoms with van der Waals surface area (Å²) < 4.78 is 6.77. The van der Waals surface area contributed by atoms with Crippen LogP contribution in [0.25, 0.3) is 0 Å². The largest absolute Gasteiger partial charge is 0.493 e. The summed E-state index contributed by atoms with van der Waals surface area (Å²) in [7, 11) is 0. The number of halogens is 1. The number of benzene rings is 1. The molecular formula is C15H19BrO3. The van der Waals surface area contributed by atoms with Crippen molar-refractivity contribution in [1.82, 2.24) is 0 Å². The molecule has 1 aliphatic rings. The molecule has 1 aromatic rings. The summed E-state index contributed by atoms with van der Waals surface area (Å²) in [5.41, 5.74) is 2.24. The number of hydrogen-bond acceptors (Lipinski definition) is 2. The van der Waals surface area contributed by atoms with Gasteiger partial charge < -0.3 is 9.84 Å². The molecule has 1 aromatic carbocycles. The van der Waals surface area contributed by atoms with Gasteiger partial charge in [-0.3, -0.25) is 4.79 Å². The minimum absolute atomic E-state index is 0.195. The molecular weight excluding hydrogens is 308 g/mol. The van der Waals surface area contributed by atoms with E-state index in [0.29, 0.717) is 0 Å². The molecule has 0 unspecified atom stereocenters. The first-order valence-electron chi connectivity index (χ1n) is 6.53. The van der Waals surface area contributed by atoms with Gasteiger partial charge in [0.1, 0.15) is 5.75 Å². The number of carboxylic acid groups (broad SMARTS) is 1. The van der Waals surface area contributed by atoms with Gasteiger partial charge in [0.15, 0.2) is 0 Å². The van der Waals surface area contributed by atoms with E-state index in [1.54, 1.807) is 0 Å². The molecule has 0 atom stereocenters. The highest BCUT2D eigenvalue weighted by Crippen LogP contribution is 2.36. The van der Waals surface area contributed by atoms with Gasteiger partial charge in [-0.15, -0.1) is 0 Å². The maximum absolute atomic E-state index is 10.8. The molecule has 0 aromatic heterocycles. The molecule has 0 amide bonds. The Labute approximate surface area is 122 Å². The van der Waals surface area contributed by atoms with Crippen LogP contribution < -0.4 is 4.74 Å². The molecule has 0 spiro atoms. The maximum atomic E-state index is 10.8. The van der Waals surface area contributed by atoms with Crippen molar-refractivity contribution in [3.8, 4) is 5.75 Å². The topological polar surface area (TPSA) is 46.5 Å². The molecule has 0 saturated carbocycles. The van der Waals surface area contributed by atoms with E-state index in [-0.39, 0.29) is 11.8 Å². The lowest BCUT2D eigenvalue weighted by Gasteiger charge is -2.22. The zero-order valence-electron chi connectivity index (χ0n) is 11.3. The van der Waals surface area contributed by atoms with Crippen LogP contribution in [0.2, 0.25) is 0 Å². The smallest absolute Gasteiger partial charge is 0.303 e. The van der Waals surface area contributed by atoms with E-state index in [1.165, 1.54) is 11.1 Å². The highest BCUT2D eigenvalue weighted by molar-refractivity contribution is 9.10. The Kier molecular flexibility index (Phi) is 4.19. The van der Waals surface area contributed by atoms with E-state index >= 15 is 0 Å². The van der Waals surface area contributed by atoms with E-state index in [9.17, 15) is 4.79 Å². The van der Waals surface area contributed by atoms with Crippen LogP contribution in [0.5, 0.6) is 5.75 Å². The van der Waals surface area contributed by atoms with Gasteiger partial charge in [0.05, 0.1) is 13.0 Å². The van der Waals surface area contributed by atoms with Crippen molar-refractivity contribution in [2.45, 2.75) is 39.5 Å². The predicted molar refractivity (Wildman–Crippen MR) is 77.7 cm³/mol. The summed E-state index contributed by atoms with van der Waals surface area (Å²) in [6, 6.07) is 4.19. The number of aliphatic carboxylic acids is 1. The molecule has 0 radical (unpaired) electrons. The number of aryl methyl sites for hydroxylation is 1. The van der Waals surface area contributed by atoms with Crippen molar-refractivity contribution in [2.24, 2.45) is 5.41 Å². The Balaban J connectivity index is 2.10. The fourth-order valence-corrected chi connectivity index (χ4v) is 3.06. The molecule has 104 valence electrons. The Morgan fingerprint density at radius 2 is 2.21 bits per heavy atom. The fraction of sp³-hybridized carbons (Fsp3) is 0.533. The third-order valence-electron chi connectivity index (χ3n) is 3.53. The van der Waals surface area contributed by atoms with Crippen molar-refractivity contribution < 1.29 is 14.6 Å². The number of ether oxygens (including phenoxy) is 1. The minimum atomic E-state index is -0.735. The van der Waals surface area contributed by atoms with Gasteiger partial charge in [-0.25, -0.2) is 0 Å². The van der Waals surface area contributed by atoms with Crippen LogP contribution in [0, 0.1) is 5.41 Å². The maximum Gasteiger partial charge on any atom is 0.303 e. The van der Waals surface area contributed by atoms with Crippen LogP contribution >= 0.6 is 15.9 Å². The normalized spacial score (nSPS) is 14.1. The van der Waals surface area contributed by atoms with E-state index in [2.05, 4.69) is 28.1 Å². The number of fused-ring (bicyclic) bond motifs is 1. The highest BCUT2D eigenvalue weighted by Gasteiger charge is 2.24. The second kappa shape index (κ2) is 5.53. The summed E-state index contributed by atoms with van der Waals surface area (Å²) in [5, 5.41) is 8.91. The lowest BCUT2D eigenvalue weighted by molar-refractivity contribution is -0.139. The van der Waals surface area contributed by atoms with Gasteiger partial charge in [-0.05, 0) is 41.5 Å². The standard InChI is InChI=1S/C15H19BrO3/c1-15(2,9-13(17)18)5-3-10-7-12(16)8-11-4-6-19-14(10)11/h7-8H,3-6,9H2,1-2H3,(H,17,18). The monoisotopic (exact) mass is 326 g/mol. The molecule has 0 fully saturated rings. The van der Waals surface area contributed by atoms with Gasteiger partial charge in [0.2, 0.25) is 0 Å². The second-order valence-corrected chi connectivity index (χ2v) is 6.80. The summed E-state index contributed by atoms with van der Waals surface area (Å²) in [5.74, 6) is 0.273. The Morgan fingerprint density at radius 1 is 1.47 bits per heavy atom. The third-order valence-corrected chi connectivity index (χ3v) is 3.98. The van der Waals surface area contributed by atoms with Crippen LogP contribution in [0.3, 0.4) is 0 Å². The zero-order chi connectivity index (χ0) is 14.0. The molecule has 0 saturated heterocycles. The van der Waals surface area contributed by atoms with Crippen molar-refractivity contribution in [3.63, 3.8) is 0 Å². The van der Waals surface area contributed by atoms with E-state index in [4.69, 9.17) is 9.84 Å². The van der Waals surface area contributed by atoms with E-state index in [1.807, 2.05) is 13.8 Å². The van der Waals surface area contributed by atoms with Gasteiger partial charge >= 0.3 is 5.97 Å². The van der Waals surface area contributed by atoms with E-state index < -0.39 is 5.97 Å². The Morgan fingerprint density at radius 3 is 2.89 bits per heavy atom. The second-order valence-electron chi connectivity index (χ2n) is 5.89. The van der Waals surface area contributed by atoms with Crippen LogP contribution in [-0.4, -0.2) is 17.7 Å². The summed E-state index contributed by atoms with van der Waals surface area (Å²) >= 11 is 3.53. The van der Waals surface area contributed by atoms with Crippen LogP contribution in [0.1, 0.15) is 37.8 Å². The molecule has 0 bridgehead atoms. The molecule has 0 aliphatic carbocycles. The minimum Gasteiger partial charge on any atom is -0.493 e. The van der Waals surface area contributed by atoms with Gasteiger partial charge in [-0.2, -0.15) is 0 Å². The molecule has 1 N–H and O–H groups in total. The number of carbonyl (C=O) groups is 1. The number of carboxylic acids is 1. The molecule has 2 rings (SSSR count). The van der Waals surface area contributed by atoms with Crippen LogP contribution in [-0.2, 0) is 17.6 Å². The Bertz CT molecular complexity index is 494. The van der Waals surface area contributed by atoms with Crippen LogP contribution in [0.15, 0.2) is 16.6 Å². The lowest BCUT2D eigenvalue weighted by atomic mass is 9.83. The average molecular weight is 327 g/mol. The first-order valence-corrected chi connectivity index (χ1v) is 7.32. The molecule has 4 heteroatoms. The van der Waals surface area contributed by atoms with Crippen molar-refractivity contribution in [3.05, 3.63) is 27.7 Å². The number of rotatable bonds is 5. The van der Waals surface area contributed by atoms with Crippen molar-refractivity contribution in [2.75, 3.05) is 6.61 Å². The quantitative estimate of drug-likeness (QED) is 0.894. The number of hydrogen-bond donors (Lipinski definition) is 1. The van der Waals surface area contributed by atoms with E-state index in [0.717, 1.165) is 36.1 Å². The van der Waals surface area contributed by atoms with Gasteiger partial charge in [-0.1, -0.05) is 29.8 Å². The summed E-state index contributed by atoms with van der Waals surface area (Å²) in [6.07, 6.45) is 2.85. The molecule has 1 aliphatic heterocycles. The predicted octanol–water partition coefficient (Wildman–Crippen LogP) is 3.82.